The molecule has 112 valence electrons. The van der Waals surface area contributed by atoms with Crippen LogP contribution in [-0.4, -0.2) is 38.6 Å². The highest BCUT2D eigenvalue weighted by atomic mass is 32.2. The molecule has 2 rings (SSSR count). The number of aliphatic carboxylic acids is 1. The van der Waals surface area contributed by atoms with Crippen LogP contribution in [0.25, 0.3) is 11.4 Å². The van der Waals surface area contributed by atoms with E-state index in [-0.39, 0.29) is 5.75 Å². The van der Waals surface area contributed by atoms with E-state index in [2.05, 4.69) is 22.1 Å². The minimum Gasteiger partial charge on any atom is -0.493 e. The van der Waals surface area contributed by atoms with Crippen LogP contribution in [-0.2, 0) is 4.79 Å². The van der Waals surface area contributed by atoms with Gasteiger partial charge in [0.15, 0.2) is 5.82 Å². The highest BCUT2D eigenvalue weighted by Crippen LogP contribution is 2.28. The number of carboxylic acids is 1. The molecule has 1 aromatic heterocycles. The molecular formula is C14H17N3O3S. The monoisotopic (exact) mass is 307 g/mol. The lowest BCUT2D eigenvalue weighted by Gasteiger charge is -2.08. The number of rotatable bonds is 8. The Kier molecular flexibility index (Phi) is 5.62. The van der Waals surface area contributed by atoms with Crippen molar-refractivity contribution in [2.24, 2.45) is 0 Å². The van der Waals surface area contributed by atoms with Gasteiger partial charge in [-0.05, 0) is 18.6 Å². The van der Waals surface area contributed by atoms with Gasteiger partial charge in [0.2, 0.25) is 5.16 Å². The predicted octanol–water partition coefficient (Wildman–Crippen LogP) is 2.83. The summed E-state index contributed by atoms with van der Waals surface area (Å²) in [6.07, 6.45) is 2.06. The third-order valence-corrected chi connectivity index (χ3v) is 3.52. The number of nitrogens with one attached hydrogen (secondary N) is 1. The van der Waals surface area contributed by atoms with Crippen LogP contribution in [0, 0.1) is 0 Å². The fraction of sp³-hybridized carbons (Fsp3) is 0.357. The summed E-state index contributed by atoms with van der Waals surface area (Å²) in [6, 6.07) is 7.58. The predicted molar refractivity (Wildman–Crippen MR) is 80.6 cm³/mol. The Balaban J connectivity index is 2.12. The fourth-order valence-corrected chi connectivity index (χ4v) is 2.19. The van der Waals surface area contributed by atoms with Gasteiger partial charge in [-0.15, -0.1) is 5.10 Å². The maximum absolute atomic E-state index is 10.5. The number of nitrogens with zero attached hydrogens (tertiary/aromatic N) is 2. The van der Waals surface area contributed by atoms with Gasteiger partial charge in [-0.25, -0.2) is 4.98 Å². The van der Waals surface area contributed by atoms with Crippen LogP contribution in [0.4, 0.5) is 0 Å². The summed E-state index contributed by atoms with van der Waals surface area (Å²) < 4.78 is 5.75. The molecule has 0 spiro atoms. The Morgan fingerprint density at radius 1 is 1.43 bits per heavy atom. The molecular weight excluding hydrogens is 290 g/mol. The van der Waals surface area contributed by atoms with Crippen molar-refractivity contribution in [2.75, 3.05) is 12.4 Å². The van der Waals surface area contributed by atoms with Crippen molar-refractivity contribution in [3.8, 4) is 17.1 Å². The van der Waals surface area contributed by atoms with E-state index in [4.69, 9.17) is 9.84 Å². The van der Waals surface area contributed by atoms with Crippen LogP contribution < -0.4 is 4.74 Å². The normalized spacial score (nSPS) is 10.5. The molecule has 0 saturated heterocycles. The molecule has 7 heteroatoms. The molecule has 0 aliphatic carbocycles. The van der Waals surface area contributed by atoms with Crippen molar-refractivity contribution >= 4 is 17.7 Å². The zero-order valence-corrected chi connectivity index (χ0v) is 12.5. The maximum Gasteiger partial charge on any atom is 0.313 e. The average Bonchev–Trinajstić information content (AvgIpc) is 2.95. The van der Waals surface area contributed by atoms with E-state index in [0.717, 1.165) is 35.9 Å². The molecule has 0 bridgehead atoms. The highest BCUT2D eigenvalue weighted by Gasteiger charge is 2.12. The Morgan fingerprint density at radius 2 is 2.24 bits per heavy atom. The van der Waals surface area contributed by atoms with Crippen LogP contribution in [0.1, 0.15) is 19.8 Å². The second-order valence-electron chi connectivity index (χ2n) is 4.35. The average molecular weight is 307 g/mol. The van der Waals surface area contributed by atoms with Crippen LogP contribution in [0.15, 0.2) is 29.4 Å². The third-order valence-electron chi connectivity index (χ3n) is 2.69. The smallest absolute Gasteiger partial charge is 0.313 e. The van der Waals surface area contributed by atoms with Gasteiger partial charge in [0.1, 0.15) is 5.75 Å². The minimum absolute atomic E-state index is 0.0636. The largest absolute Gasteiger partial charge is 0.493 e. The molecule has 0 fully saturated rings. The standard InChI is InChI=1S/C14H17N3O3S/c1-2-3-8-20-11-7-5-4-6-10(11)13-15-14(17-16-13)21-9-12(18)19/h4-7H,2-3,8-9H2,1H3,(H,18,19)(H,15,16,17). The van der Waals surface area contributed by atoms with Gasteiger partial charge in [-0.1, -0.05) is 37.2 Å². The van der Waals surface area contributed by atoms with E-state index >= 15 is 0 Å². The molecule has 1 aromatic carbocycles. The minimum atomic E-state index is -0.894. The Labute approximate surface area is 126 Å². The first-order valence-corrected chi connectivity index (χ1v) is 7.68. The number of aromatic nitrogens is 3. The van der Waals surface area contributed by atoms with Crippen molar-refractivity contribution in [1.82, 2.24) is 15.2 Å². The summed E-state index contributed by atoms with van der Waals surface area (Å²) in [5, 5.41) is 15.9. The molecule has 21 heavy (non-hydrogen) atoms. The number of para-hydroxylation sites is 1. The van der Waals surface area contributed by atoms with E-state index in [9.17, 15) is 4.79 Å². The van der Waals surface area contributed by atoms with Crippen molar-refractivity contribution in [1.29, 1.82) is 0 Å². The maximum atomic E-state index is 10.5. The van der Waals surface area contributed by atoms with E-state index < -0.39 is 5.97 Å². The Morgan fingerprint density at radius 3 is 3.00 bits per heavy atom. The number of hydrogen-bond acceptors (Lipinski definition) is 5. The topological polar surface area (TPSA) is 88.1 Å². The molecule has 2 N–H and O–H groups in total. The lowest BCUT2D eigenvalue weighted by molar-refractivity contribution is -0.133. The number of thioether (sulfide) groups is 1. The molecule has 0 radical (unpaired) electrons. The number of carboxylic acid groups (broad SMARTS) is 1. The quantitative estimate of drug-likeness (QED) is 0.576. The second-order valence-corrected chi connectivity index (χ2v) is 5.29. The SMILES string of the molecule is CCCCOc1ccccc1-c1nc(SCC(=O)O)n[nH]1. The summed E-state index contributed by atoms with van der Waals surface area (Å²) in [5.74, 6) is 0.368. The second kappa shape index (κ2) is 7.68. The van der Waals surface area contributed by atoms with Crippen molar-refractivity contribution < 1.29 is 14.6 Å². The molecule has 0 aliphatic heterocycles. The summed E-state index contributed by atoms with van der Waals surface area (Å²) in [4.78, 5) is 14.8. The van der Waals surface area contributed by atoms with Gasteiger partial charge in [0.05, 0.1) is 17.9 Å². The highest BCUT2D eigenvalue weighted by molar-refractivity contribution is 7.99. The molecule has 0 atom stereocenters. The summed E-state index contributed by atoms with van der Waals surface area (Å²) in [5.41, 5.74) is 0.822. The first-order chi connectivity index (χ1) is 10.2. The molecule has 0 aliphatic rings. The summed E-state index contributed by atoms with van der Waals surface area (Å²) in [7, 11) is 0. The number of benzene rings is 1. The number of unbranched alkanes of at least 4 members (excludes halogenated alkanes) is 1. The van der Waals surface area contributed by atoms with Crippen molar-refractivity contribution in [2.45, 2.75) is 24.9 Å². The third kappa shape index (κ3) is 4.49. The molecule has 6 nitrogen and oxygen atoms in total. The number of hydrogen-bond donors (Lipinski definition) is 2. The zero-order chi connectivity index (χ0) is 15.1. The van der Waals surface area contributed by atoms with E-state index in [1.54, 1.807) is 0 Å². The van der Waals surface area contributed by atoms with Gasteiger partial charge < -0.3 is 9.84 Å². The number of H-pyrrole nitrogens is 1. The van der Waals surface area contributed by atoms with Gasteiger partial charge in [-0.2, -0.15) is 0 Å². The number of aromatic amines is 1. The molecule has 0 saturated carbocycles. The van der Waals surface area contributed by atoms with Crippen LogP contribution in [0.3, 0.4) is 0 Å². The van der Waals surface area contributed by atoms with Gasteiger partial charge >= 0.3 is 5.97 Å². The number of carbonyl (C=O) groups is 1. The van der Waals surface area contributed by atoms with Gasteiger partial charge in [0.25, 0.3) is 0 Å². The lowest BCUT2D eigenvalue weighted by atomic mass is 10.2. The van der Waals surface area contributed by atoms with Crippen molar-refractivity contribution in [3.05, 3.63) is 24.3 Å². The number of ether oxygens (including phenoxy) is 1. The van der Waals surface area contributed by atoms with Crippen LogP contribution >= 0.6 is 11.8 Å². The van der Waals surface area contributed by atoms with Crippen molar-refractivity contribution in [3.63, 3.8) is 0 Å². The first-order valence-electron chi connectivity index (χ1n) is 6.70. The summed E-state index contributed by atoms with van der Waals surface area (Å²) >= 11 is 1.08. The van der Waals surface area contributed by atoms with Crippen LogP contribution in [0.2, 0.25) is 0 Å². The zero-order valence-electron chi connectivity index (χ0n) is 11.7. The Bertz CT molecular complexity index is 601. The van der Waals surface area contributed by atoms with E-state index in [1.807, 2.05) is 24.3 Å². The lowest BCUT2D eigenvalue weighted by Crippen LogP contribution is -1.98. The molecule has 1 heterocycles. The first kappa shape index (κ1) is 15.4. The van der Waals surface area contributed by atoms with Crippen LogP contribution in [0.5, 0.6) is 5.75 Å². The summed E-state index contributed by atoms with van der Waals surface area (Å²) in [6.45, 7) is 2.76. The molecule has 0 unspecified atom stereocenters. The Hall–Kier alpha value is -2.02. The molecule has 0 amide bonds. The van der Waals surface area contributed by atoms with E-state index in [1.165, 1.54) is 0 Å². The molecule has 2 aromatic rings. The van der Waals surface area contributed by atoms with E-state index in [0.29, 0.717) is 17.6 Å². The van der Waals surface area contributed by atoms with Gasteiger partial charge in [-0.3, -0.25) is 9.89 Å². The fourth-order valence-electron chi connectivity index (χ4n) is 1.67. The van der Waals surface area contributed by atoms with Gasteiger partial charge in [0, 0.05) is 0 Å².